The summed E-state index contributed by atoms with van der Waals surface area (Å²) < 4.78 is 30.4. The van der Waals surface area contributed by atoms with Crippen LogP contribution < -0.4 is 9.05 Å². The zero-order valence-corrected chi connectivity index (χ0v) is 20.5. The molecule has 0 spiro atoms. The molecule has 0 aromatic heterocycles. The fourth-order valence-corrected chi connectivity index (χ4v) is 5.49. The van der Waals surface area contributed by atoms with Crippen molar-refractivity contribution in [3.8, 4) is 11.5 Å². The Balaban J connectivity index is 1.82. The number of nitrogens with zero attached hydrogens (tertiary/aromatic N) is 1. The molecule has 178 valence electrons. The Morgan fingerprint density at radius 2 is 1.32 bits per heavy atom. The predicted octanol–water partition coefficient (Wildman–Crippen LogP) is 6.21. The van der Waals surface area contributed by atoms with Crippen LogP contribution in [0.1, 0.15) is 12.5 Å². The summed E-state index contributed by atoms with van der Waals surface area (Å²) in [7, 11) is -3.96. The molecular formula is C25H26NO6PS. The standard InChI is InChI=1S/C25H26NO6PS/c1-2-30-24(27)18-26(25(28)34-19-21-12-6-3-7-13-21)20-33(29,31-22-14-8-4-9-15-22)32-23-16-10-5-11-17-23/h3-17H,2,18-20H2,1H3. The van der Waals surface area contributed by atoms with Crippen LogP contribution in [0.3, 0.4) is 0 Å². The van der Waals surface area contributed by atoms with E-state index in [0.717, 1.165) is 22.2 Å². The van der Waals surface area contributed by atoms with Gasteiger partial charge in [0.25, 0.3) is 5.24 Å². The van der Waals surface area contributed by atoms with Crippen molar-refractivity contribution in [1.29, 1.82) is 0 Å². The first-order valence-electron chi connectivity index (χ1n) is 10.7. The highest BCUT2D eigenvalue weighted by Crippen LogP contribution is 2.49. The van der Waals surface area contributed by atoms with Crippen molar-refractivity contribution < 1.29 is 27.9 Å². The number of benzene rings is 3. The lowest BCUT2D eigenvalue weighted by atomic mass is 10.2. The molecule has 0 atom stereocenters. The van der Waals surface area contributed by atoms with E-state index in [4.69, 9.17) is 13.8 Å². The summed E-state index contributed by atoms with van der Waals surface area (Å²) in [5.41, 5.74) is 0.946. The fraction of sp³-hybridized carbons (Fsp3) is 0.200. The molecule has 34 heavy (non-hydrogen) atoms. The Labute approximate surface area is 203 Å². The van der Waals surface area contributed by atoms with Gasteiger partial charge in [0.05, 0.1) is 6.61 Å². The first kappa shape index (κ1) is 25.4. The minimum Gasteiger partial charge on any atom is -0.465 e. The van der Waals surface area contributed by atoms with Crippen LogP contribution in [0.2, 0.25) is 0 Å². The first-order chi connectivity index (χ1) is 16.5. The van der Waals surface area contributed by atoms with Crippen molar-refractivity contribution in [3.63, 3.8) is 0 Å². The second-order valence-electron chi connectivity index (χ2n) is 7.10. The fourth-order valence-electron chi connectivity index (χ4n) is 2.91. The van der Waals surface area contributed by atoms with Crippen LogP contribution >= 0.6 is 19.4 Å². The zero-order chi connectivity index (χ0) is 24.2. The number of ether oxygens (including phenoxy) is 1. The molecule has 3 aromatic carbocycles. The number of carbonyl (C=O) groups is 2. The van der Waals surface area contributed by atoms with Gasteiger partial charge >= 0.3 is 13.6 Å². The Morgan fingerprint density at radius 1 is 0.824 bits per heavy atom. The van der Waals surface area contributed by atoms with Crippen molar-refractivity contribution in [2.75, 3.05) is 19.4 Å². The largest absolute Gasteiger partial charge is 0.465 e. The molecule has 1 amide bonds. The van der Waals surface area contributed by atoms with Crippen LogP contribution in [0, 0.1) is 0 Å². The minimum atomic E-state index is -3.96. The van der Waals surface area contributed by atoms with Crippen LogP contribution in [0.4, 0.5) is 4.79 Å². The average Bonchev–Trinajstić information content (AvgIpc) is 2.84. The smallest absolute Gasteiger partial charge is 0.450 e. The summed E-state index contributed by atoms with van der Waals surface area (Å²) in [5.74, 6) is 0.425. The van der Waals surface area contributed by atoms with Crippen molar-refractivity contribution in [3.05, 3.63) is 96.6 Å². The van der Waals surface area contributed by atoms with Crippen molar-refractivity contribution in [2.24, 2.45) is 0 Å². The van der Waals surface area contributed by atoms with Gasteiger partial charge in [-0.3, -0.25) is 9.59 Å². The summed E-state index contributed by atoms with van der Waals surface area (Å²) in [6.45, 7) is 1.46. The van der Waals surface area contributed by atoms with E-state index >= 15 is 0 Å². The molecule has 0 unspecified atom stereocenters. The van der Waals surface area contributed by atoms with E-state index in [1.807, 2.05) is 30.3 Å². The van der Waals surface area contributed by atoms with E-state index in [1.165, 1.54) is 0 Å². The lowest BCUT2D eigenvalue weighted by molar-refractivity contribution is -0.143. The maximum atomic E-state index is 13.9. The summed E-state index contributed by atoms with van der Waals surface area (Å²) in [6.07, 6.45) is -0.434. The number of amides is 1. The molecule has 0 aliphatic heterocycles. The van der Waals surface area contributed by atoms with E-state index in [2.05, 4.69) is 0 Å². The summed E-state index contributed by atoms with van der Waals surface area (Å²) >= 11 is 0.998. The van der Waals surface area contributed by atoms with Crippen LogP contribution in [0.15, 0.2) is 91.0 Å². The topological polar surface area (TPSA) is 82.1 Å². The Morgan fingerprint density at radius 3 is 1.82 bits per heavy atom. The molecule has 0 N–H and O–H groups in total. The van der Waals surface area contributed by atoms with E-state index in [-0.39, 0.29) is 13.2 Å². The first-order valence-corrected chi connectivity index (χ1v) is 13.4. The number of thioether (sulfide) groups is 1. The molecule has 3 aromatic rings. The Hall–Kier alpha value is -3.22. The average molecular weight is 500 g/mol. The predicted molar refractivity (Wildman–Crippen MR) is 133 cm³/mol. The highest BCUT2D eigenvalue weighted by Gasteiger charge is 2.35. The van der Waals surface area contributed by atoms with Gasteiger partial charge in [-0.25, -0.2) is 4.57 Å². The SMILES string of the molecule is CCOC(=O)CN(CP(=O)(Oc1ccccc1)Oc1ccccc1)C(=O)SCc1ccccc1. The molecule has 0 radical (unpaired) electrons. The van der Waals surface area contributed by atoms with Crippen LogP contribution in [-0.2, 0) is 19.8 Å². The van der Waals surface area contributed by atoms with Gasteiger partial charge in [-0.15, -0.1) is 0 Å². The second kappa shape index (κ2) is 12.9. The molecular weight excluding hydrogens is 473 g/mol. The Bertz CT molecular complexity index is 1050. The van der Waals surface area contributed by atoms with Gasteiger partial charge in [0, 0.05) is 5.75 Å². The van der Waals surface area contributed by atoms with Gasteiger partial charge in [0.15, 0.2) is 0 Å². The third kappa shape index (κ3) is 8.28. The number of carbonyl (C=O) groups excluding carboxylic acids is 2. The van der Waals surface area contributed by atoms with Crippen LogP contribution in [0.5, 0.6) is 11.5 Å². The van der Waals surface area contributed by atoms with E-state index in [9.17, 15) is 14.2 Å². The molecule has 9 heteroatoms. The highest BCUT2D eigenvalue weighted by atomic mass is 32.2. The van der Waals surface area contributed by atoms with Gasteiger partial charge < -0.3 is 18.7 Å². The minimum absolute atomic E-state index is 0.163. The number of hydrogen-bond donors (Lipinski definition) is 0. The quantitative estimate of drug-likeness (QED) is 0.229. The van der Waals surface area contributed by atoms with E-state index in [1.54, 1.807) is 67.6 Å². The molecule has 0 saturated carbocycles. The van der Waals surface area contributed by atoms with Gasteiger partial charge in [-0.1, -0.05) is 78.5 Å². The van der Waals surface area contributed by atoms with Crippen LogP contribution in [-0.4, -0.2) is 35.5 Å². The molecule has 3 rings (SSSR count). The third-order valence-corrected chi connectivity index (χ3v) is 7.06. The van der Waals surface area contributed by atoms with Gasteiger partial charge in [-0.2, -0.15) is 0 Å². The monoisotopic (exact) mass is 499 g/mol. The maximum absolute atomic E-state index is 13.9. The number of esters is 1. The molecule has 0 fully saturated rings. The Kier molecular flexibility index (Phi) is 9.62. The summed E-state index contributed by atoms with van der Waals surface area (Å²) in [4.78, 5) is 26.5. The van der Waals surface area contributed by atoms with Gasteiger partial charge in [-0.05, 0) is 36.8 Å². The molecule has 0 aliphatic rings. The van der Waals surface area contributed by atoms with Crippen LogP contribution in [0.25, 0.3) is 0 Å². The summed E-state index contributed by atoms with van der Waals surface area (Å²) in [6, 6.07) is 26.6. The highest BCUT2D eigenvalue weighted by molar-refractivity contribution is 8.12. The number of hydrogen-bond acceptors (Lipinski definition) is 7. The second-order valence-corrected chi connectivity index (χ2v) is 9.90. The number of rotatable bonds is 11. The normalized spacial score (nSPS) is 10.9. The lowest BCUT2D eigenvalue weighted by Gasteiger charge is -2.27. The van der Waals surface area contributed by atoms with Gasteiger partial charge in [0.2, 0.25) is 0 Å². The van der Waals surface area contributed by atoms with Gasteiger partial charge in [0.1, 0.15) is 24.3 Å². The van der Waals surface area contributed by atoms with E-state index in [0.29, 0.717) is 17.3 Å². The third-order valence-electron chi connectivity index (χ3n) is 4.41. The van der Waals surface area contributed by atoms with E-state index < -0.39 is 25.1 Å². The van der Waals surface area contributed by atoms with Crippen molar-refractivity contribution >= 4 is 30.6 Å². The molecule has 7 nitrogen and oxygen atoms in total. The molecule has 0 aliphatic carbocycles. The zero-order valence-electron chi connectivity index (χ0n) is 18.7. The number of para-hydroxylation sites is 2. The molecule has 0 saturated heterocycles. The molecule has 0 bridgehead atoms. The maximum Gasteiger partial charge on any atom is 0.450 e. The molecule has 0 heterocycles. The lowest BCUT2D eigenvalue weighted by Crippen LogP contribution is -2.36. The van der Waals surface area contributed by atoms with Crippen molar-refractivity contribution in [1.82, 2.24) is 4.90 Å². The summed E-state index contributed by atoms with van der Waals surface area (Å²) in [5, 5.41) is -0.439. The van der Waals surface area contributed by atoms with Crippen molar-refractivity contribution in [2.45, 2.75) is 12.7 Å².